The highest BCUT2D eigenvalue weighted by Gasteiger charge is 2.32. The maximum absolute atomic E-state index is 12.9. The van der Waals surface area contributed by atoms with Gasteiger partial charge in [0.25, 0.3) is 11.6 Å². The predicted octanol–water partition coefficient (Wildman–Crippen LogP) is 3.24. The first-order valence-corrected chi connectivity index (χ1v) is 7.67. The molecule has 2 heterocycles. The van der Waals surface area contributed by atoms with Gasteiger partial charge in [-0.1, -0.05) is 17.7 Å². The van der Waals surface area contributed by atoms with Crippen LogP contribution in [0.1, 0.15) is 21.7 Å². The molecule has 1 N–H and O–H groups in total. The highest BCUT2D eigenvalue weighted by atomic mass is 35.5. The Morgan fingerprint density at radius 1 is 1.30 bits per heavy atom. The number of benzene rings is 1. The van der Waals surface area contributed by atoms with Crippen molar-refractivity contribution in [2.24, 2.45) is 0 Å². The number of halogens is 4. The van der Waals surface area contributed by atoms with Crippen LogP contribution >= 0.6 is 11.6 Å². The average molecular weight is 400 g/mol. The van der Waals surface area contributed by atoms with E-state index in [1.165, 1.54) is 18.2 Å². The van der Waals surface area contributed by atoms with Crippen molar-refractivity contribution < 1.29 is 22.9 Å². The maximum atomic E-state index is 12.9. The topological polar surface area (TPSA) is 102 Å². The molecule has 0 spiro atoms. The maximum Gasteiger partial charge on any atom is 0.417 e. The van der Waals surface area contributed by atoms with Crippen LogP contribution in [0.4, 0.5) is 18.9 Å². The molecule has 0 aliphatic carbocycles. The number of pyridine rings is 1. The quantitative estimate of drug-likeness (QED) is 0.536. The fraction of sp³-hybridized carbons (Fsp3) is 0.133. The van der Waals surface area contributed by atoms with E-state index < -0.39 is 22.6 Å². The number of fused-ring (bicyclic) bond motifs is 1. The third kappa shape index (κ3) is 3.82. The molecule has 0 fully saturated rings. The molecule has 0 atom stereocenters. The Balaban J connectivity index is 1.85. The molecule has 1 amide bonds. The summed E-state index contributed by atoms with van der Waals surface area (Å²) < 4.78 is 39.8. The Hall–Kier alpha value is -3.21. The summed E-state index contributed by atoms with van der Waals surface area (Å²) >= 11 is 5.81. The van der Waals surface area contributed by atoms with E-state index in [1.807, 2.05) is 0 Å². The summed E-state index contributed by atoms with van der Waals surface area (Å²) in [6.07, 6.45) is -3.85. The molecule has 12 heteroatoms. The summed E-state index contributed by atoms with van der Waals surface area (Å²) in [5.41, 5.74) is -1.24. The van der Waals surface area contributed by atoms with Crippen LogP contribution in [-0.2, 0) is 12.7 Å². The number of hydrogen-bond acceptors (Lipinski definition) is 5. The highest BCUT2D eigenvalue weighted by molar-refractivity contribution is 6.33. The van der Waals surface area contributed by atoms with Crippen LogP contribution in [0.3, 0.4) is 0 Å². The van der Waals surface area contributed by atoms with Gasteiger partial charge in [-0.05, 0) is 12.1 Å². The standard InChI is InChI=1S/C15H9ClF3N5O3/c16-11-5-9(15(17,18)19)7-23-12(21-22-13(11)23)6-20-14(25)8-2-1-3-10(4-8)24(26)27/h1-5,7H,6H2,(H,20,25). The molecule has 0 saturated carbocycles. The number of nitro benzene ring substituents is 1. The number of hydrogen-bond donors (Lipinski definition) is 1. The molecule has 0 bridgehead atoms. The second-order valence-corrected chi connectivity index (χ2v) is 5.78. The largest absolute Gasteiger partial charge is 0.417 e. The number of aromatic nitrogens is 3. The molecule has 27 heavy (non-hydrogen) atoms. The average Bonchev–Trinajstić information content (AvgIpc) is 3.02. The lowest BCUT2D eigenvalue weighted by Crippen LogP contribution is -2.24. The number of nitro groups is 1. The van der Waals surface area contributed by atoms with Gasteiger partial charge in [0.1, 0.15) is 0 Å². The SMILES string of the molecule is O=C(NCc1nnc2c(Cl)cc(C(F)(F)F)cn12)c1cccc([N+](=O)[O-])c1. The van der Waals surface area contributed by atoms with Crippen LogP contribution in [-0.4, -0.2) is 25.4 Å². The van der Waals surface area contributed by atoms with Crippen LogP contribution in [0.25, 0.3) is 5.65 Å². The molecule has 3 rings (SSSR count). The van der Waals surface area contributed by atoms with Gasteiger partial charge in [-0.2, -0.15) is 13.2 Å². The predicted molar refractivity (Wildman–Crippen MR) is 87.3 cm³/mol. The van der Waals surface area contributed by atoms with Gasteiger partial charge in [-0.3, -0.25) is 19.3 Å². The van der Waals surface area contributed by atoms with Crippen molar-refractivity contribution in [1.29, 1.82) is 0 Å². The van der Waals surface area contributed by atoms with Crippen molar-refractivity contribution in [3.63, 3.8) is 0 Å². The van der Waals surface area contributed by atoms with Gasteiger partial charge < -0.3 is 5.32 Å². The number of nitrogens with zero attached hydrogens (tertiary/aromatic N) is 4. The van der Waals surface area contributed by atoms with Gasteiger partial charge in [-0.25, -0.2) is 0 Å². The van der Waals surface area contributed by atoms with Gasteiger partial charge in [0.05, 0.1) is 22.1 Å². The lowest BCUT2D eigenvalue weighted by molar-refractivity contribution is -0.384. The molecular weight excluding hydrogens is 391 g/mol. The molecule has 0 aliphatic rings. The smallest absolute Gasteiger partial charge is 0.345 e. The molecule has 0 radical (unpaired) electrons. The summed E-state index contributed by atoms with van der Waals surface area (Å²) in [6, 6.07) is 5.74. The number of carbonyl (C=O) groups excluding carboxylic acids is 1. The molecule has 1 aromatic carbocycles. The van der Waals surface area contributed by atoms with Crippen LogP contribution in [0.2, 0.25) is 5.02 Å². The Bertz CT molecular complexity index is 1050. The van der Waals surface area contributed by atoms with E-state index >= 15 is 0 Å². The van der Waals surface area contributed by atoms with Gasteiger partial charge in [0.15, 0.2) is 11.5 Å². The van der Waals surface area contributed by atoms with Crippen molar-refractivity contribution in [3.8, 4) is 0 Å². The Morgan fingerprint density at radius 2 is 2.04 bits per heavy atom. The first-order chi connectivity index (χ1) is 12.7. The molecule has 2 aromatic heterocycles. The fourth-order valence-corrected chi connectivity index (χ4v) is 2.54. The van der Waals surface area contributed by atoms with Crippen LogP contribution < -0.4 is 5.32 Å². The van der Waals surface area contributed by atoms with Gasteiger partial charge in [-0.15, -0.1) is 10.2 Å². The van der Waals surface area contributed by atoms with Crippen molar-refractivity contribution in [2.45, 2.75) is 12.7 Å². The number of non-ortho nitro benzene ring substituents is 1. The van der Waals surface area contributed by atoms with Gasteiger partial charge in [0, 0.05) is 23.9 Å². The summed E-state index contributed by atoms with van der Waals surface area (Å²) in [4.78, 5) is 22.3. The third-order valence-corrected chi connectivity index (χ3v) is 3.86. The van der Waals surface area contributed by atoms with E-state index in [9.17, 15) is 28.1 Å². The van der Waals surface area contributed by atoms with Crippen molar-refractivity contribution in [2.75, 3.05) is 0 Å². The number of carbonyl (C=O) groups is 1. The van der Waals surface area contributed by atoms with Gasteiger partial charge >= 0.3 is 6.18 Å². The van der Waals surface area contributed by atoms with E-state index in [-0.39, 0.29) is 34.3 Å². The first kappa shape index (κ1) is 18.6. The summed E-state index contributed by atoms with van der Waals surface area (Å²) in [5, 5.41) is 20.4. The van der Waals surface area contributed by atoms with Crippen LogP contribution in [0, 0.1) is 10.1 Å². The third-order valence-electron chi connectivity index (χ3n) is 3.58. The van der Waals surface area contributed by atoms with Crippen LogP contribution in [0.15, 0.2) is 36.5 Å². The number of amides is 1. The molecule has 0 aliphatic heterocycles. The summed E-state index contributed by atoms with van der Waals surface area (Å²) in [6.45, 7) is -0.264. The first-order valence-electron chi connectivity index (χ1n) is 7.30. The Morgan fingerprint density at radius 3 is 2.70 bits per heavy atom. The monoisotopic (exact) mass is 399 g/mol. The Kier molecular flexibility index (Phi) is 4.70. The normalized spacial score (nSPS) is 11.6. The molecule has 0 unspecified atom stereocenters. The lowest BCUT2D eigenvalue weighted by atomic mass is 10.2. The van der Waals surface area contributed by atoms with E-state index in [0.29, 0.717) is 0 Å². The number of alkyl halides is 3. The summed E-state index contributed by atoms with van der Waals surface area (Å²) in [5.74, 6) is -0.648. The zero-order valence-electron chi connectivity index (χ0n) is 13.2. The minimum absolute atomic E-state index is 0.00395. The molecule has 140 valence electrons. The van der Waals surface area contributed by atoms with Crippen molar-refractivity contribution in [3.05, 3.63) is 68.6 Å². The minimum Gasteiger partial charge on any atom is -0.345 e. The summed E-state index contributed by atoms with van der Waals surface area (Å²) in [7, 11) is 0. The zero-order chi connectivity index (χ0) is 19.8. The lowest BCUT2D eigenvalue weighted by Gasteiger charge is -2.09. The molecule has 8 nitrogen and oxygen atoms in total. The van der Waals surface area contributed by atoms with E-state index in [1.54, 1.807) is 0 Å². The molecular formula is C15H9ClF3N5O3. The van der Waals surface area contributed by atoms with Crippen molar-refractivity contribution in [1.82, 2.24) is 19.9 Å². The fourth-order valence-electron chi connectivity index (χ4n) is 2.30. The van der Waals surface area contributed by atoms with Crippen molar-refractivity contribution >= 4 is 28.8 Å². The van der Waals surface area contributed by atoms with E-state index in [4.69, 9.17) is 11.6 Å². The number of nitrogens with one attached hydrogen (secondary N) is 1. The highest BCUT2D eigenvalue weighted by Crippen LogP contribution is 2.32. The number of rotatable bonds is 4. The molecule has 3 aromatic rings. The van der Waals surface area contributed by atoms with Gasteiger partial charge in [0.2, 0.25) is 0 Å². The van der Waals surface area contributed by atoms with Crippen LogP contribution in [0.5, 0.6) is 0 Å². The second kappa shape index (κ2) is 6.83. The minimum atomic E-state index is -4.62. The second-order valence-electron chi connectivity index (χ2n) is 5.37. The zero-order valence-corrected chi connectivity index (χ0v) is 14.0. The van der Waals surface area contributed by atoms with E-state index in [2.05, 4.69) is 15.5 Å². The van der Waals surface area contributed by atoms with E-state index in [0.717, 1.165) is 22.7 Å². The Labute approximate surface area is 153 Å². The molecule has 0 saturated heterocycles.